The Hall–Kier alpha value is -1.20. The van der Waals surface area contributed by atoms with E-state index in [1.165, 1.54) is 11.8 Å². The van der Waals surface area contributed by atoms with Crippen LogP contribution in [-0.4, -0.2) is 36.0 Å². The van der Waals surface area contributed by atoms with Crippen molar-refractivity contribution in [3.8, 4) is 5.75 Å². The van der Waals surface area contributed by atoms with E-state index in [9.17, 15) is 4.79 Å². The van der Waals surface area contributed by atoms with Gasteiger partial charge >= 0.3 is 0 Å². The molecule has 1 atom stereocenters. The van der Waals surface area contributed by atoms with Gasteiger partial charge in [-0.2, -0.15) is 0 Å². The first kappa shape index (κ1) is 15.9. The third kappa shape index (κ3) is 5.98. The van der Waals surface area contributed by atoms with Gasteiger partial charge in [-0.05, 0) is 37.6 Å². The van der Waals surface area contributed by atoms with E-state index >= 15 is 0 Å². The van der Waals surface area contributed by atoms with Crippen molar-refractivity contribution in [2.45, 2.75) is 31.2 Å². The lowest BCUT2D eigenvalue weighted by atomic mass is 10.2. The maximum Gasteiger partial charge on any atom is 0.230 e. The number of ether oxygens (including phenoxy) is 1. The Kier molecular flexibility index (Phi) is 7.36. The van der Waals surface area contributed by atoms with E-state index in [0.29, 0.717) is 12.4 Å². The first-order valence-electron chi connectivity index (χ1n) is 6.45. The monoisotopic (exact) mass is 283 g/mol. The largest absolute Gasteiger partial charge is 0.494 e. The van der Waals surface area contributed by atoms with Gasteiger partial charge in [0.2, 0.25) is 5.91 Å². The van der Waals surface area contributed by atoms with Crippen LogP contribution >= 0.6 is 11.8 Å². The van der Waals surface area contributed by atoms with Crippen LogP contribution in [0.2, 0.25) is 0 Å². The van der Waals surface area contributed by atoms with Crippen molar-refractivity contribution in [2.24, 2.45) is 0 Å². The van der Waals surface area contributed by atoms with Crippen LogP contribution in [0.15, 0.2) is 29.2 Å². The summed E-state index contributed by atoms with van der Waals surface area (Å²) in [5.41, 5.74) is 0. The van der Waals surface area contributed by atoms with Crippen LogP contribution in [-0.2, 0) is 4.79 Å². The third-order valence-corrected chi connectivity index (χ3v) is 3.59. The summed E-state index contributed by atoms with van der Waals surface area (Å²) in [5.74, 6) is 1.13. The van der Waals surface area contributed by atoms with Crippen LogP contribution in [0.4, 0.5) is 0 Å². The second kappa shape index (κ2) is 8.82. The van der Waals surface area contributed by atoms with Crippen molar-refractivity contribution in [2.75, 3.05) is 19.0 Å². The summed E-state index contributed by atoms with van der Waals surface area (Å²) >= 11 is 1.47. The average molecular weight is 283 g/mol. The molecule has 1 rings (SSSR count). The van der Waals surface area contributed by atoms with Crippen LogP contribution in [0.5, 0.6) is 5.75 Å². The molecule has 19 heavy (non-hydrogen) atoms. The molecule has 1 amide bonds. The number of amides is 1. The van der Waals surface area contributed by atoms with Gasteiger partial charge in [0.1, 0.15) is 5.75 Å². The number of hydrogen-bond donors (Lipinski definition) is 2. The fourth-order valence-electron chi connectivity index (χ4n) is 1.49. The molecular weight excluding hydrogens is 262 g/mol. The molecule has 0 aromatic heterocycles. The predicted molar refractivity (Wildman–Crippen MR) is 77.6 cm³/mol. The molecule has 0 aliphatic rings. The molecule has 5 heteroatoms. The Labute approximate surface area is 118 Å². The Bertz CT molecular complexity index is 377. The number of carbonyl (C=O) groups excluding carboxylic acids is 1. The lowest BCUT2D eigenvalue weighted by Crippen LogP contribution is -2.37. The quantitative estimate of drug-likeness (QED) is 0.717. The van der Waals surface area contributed by atoms with E-state index in [0.717, 1.165) is 17.1 Å². The van der Waals surface area contributed by atoms with Crippen molar-refractivity contribution in [1.82, 2.24) is 5.32 Å². The summed E-state index contributed by atoms with van der Waals surface area (Å²) in [5, 5.41) is 11.8. The predicted octanol–water partition coefficient (Wildman–Crippen LogP) is 2.06. The highest BCUT2D eigenvalue weighted by Gasteiger charge is 2.09. The molecule has 1 aromatic rings. The highest BCUT2D eigenvalue weighted by atomic mass is 32.2. The van der Waals surface area contributed by atoms with Crippen molar-refractivity contribution >= 4 is 17.7 Å². The zero-order chi connectivity index (χ0) is 14.1. The number of carbonyl (C=O) groups is 1. The molecule has 0 saturated heterocycles. The molecule has 4 nitrogen and oxygen atoms in total. The van der Waals surface area contributed by atoms with Gasteiger partial charge in [0.25, 0.3) is 0 Å². The zero-order valence-corrected chi connectivity index (χ0v) is 12.2. The van der Waals surface area contributed by atoms with Crippen LogP contribution in [0, 0.1) is 0 Å². The van der Waals surface area contributed by atoms with Gasteiger partial charge in [-0.25, -0.2) is 0 Å². The fraction of sp³-hybridized carbons (Fsp3) is 0.500. The van der Waals surface area contributed by atoms with Crippen LogP contribution in [0.25, 0.3) is 0 Å². The highest BCUT2D eigenvalue weighted by molar-refractivity contribution is 8.00. The van der Waals surface area contributed by atoms with Gasteiger partial charge in [0.15, 0.2) is 0 Å². The summed E-state index contributed by atoms with van der Waals surface area (Å²) in [7, 11) is 0. The molecule has 0 aliphatic carbocycles. The fourth-order valence-corrected chi connectivity index (χ4v) is 2.20. The molecule has 0 bridgehead atoms. The maximum atomic E-state index is 11.6. The van der Waals surface area contributed by atoms with E-state index in [1.54, 1.807) is 0 Å². The summed E-state index contributed by atoms with van der Waals surface area (Å²) in [4.78, 5) is 12.7. The van der Waals surface area contributed by atoms with Gasteiger partial charge < -0.3 is 15.2 Å². The van der Waals surface area contributed by atoms with Crippen LogP contribution in [0.3, 0.4) is 0 Å². The second-order valence-electron chi connectivity index (χ2n) is 4.05. The van der Waals surface area contributed by atoms with E-state index in [2.05, 4.69) is 5.32 Å². The molecule has 0 saturated carbocycles. The topological polar surface area (TPSA) is 58.6 Å². The van der Waals surface area contributed by atoms with E-state index in [1.807, 2.05) is 38.1 Å². The van der Waals surface area contributed by atoms with Crippen molar-refractivity contribution < 1.29 is 14.6 Å². The maximum absolute atomic E-state index is 11.6. The van der Waals surface area contributed by atoms with E-state index < -0.39 is 0 Å². The zero-order valence-electron chi connectivity index (χ0n) is 11.4. The summed E-state index contributed by atoms with van der Waals surface area (Å²) in [6.45, 7) is 4.50. The van der Waals surface area contributed by atoms with Gasteiger partial charge in [0.05, 0.1) is 25.0 Å². The van der Waals surface area contributed by atoms with Gasteiger partial charge in [-0.15, -0.1) is 11.8 Å². The van der Waals surface area contributed by atoms with Gasteiger partial charge in [-0.1, -0.05) is 6.92 Å². The Morgan fingerprint density at radius 3 is 2.58 bits per heavy atom. The normalized spacial score (nSPS) is 11.9. The first-order chi connectivity index (χ1) is 9.19. The minimum atomic E-state index is -0.145. The highest BCUT2D eigenvalue weighted by Crippen LogP contribution is 2.21. The molecular formula is C14H21NO3S. The number of benzene rings is 1. The summed E-state index contributed by atoms with van der Waals surface area (Å²) < 4.78 is 5.35. The number of nitrogens with one attached hydrogen (secondary N) is 1. The molecule has 106 valence electrons. The second-order valence-corrected chi connectivity index (χ2v) is 5.10. The lowest BCUT2D eigenvalue weighted by molar-refractivity contribution is -0.119. The Morgan fingerprint density at radius 1 is 1.37 bits per heavy atom. The lowest BCUT2D eigenvalue weighted by Gasteiger charge is -2.13. The summed E-state index contributed by atoms with van der Waals surface area (Å²) in [6.07, 6.45) is 0.732. The van der Waals surface area contributed by atoms with Gasteiger partial charge in [-0.3, -0.25) is 4.79 Å². The van der Waals surface area contributed by atoms with Crippen LogP contribution in [0.1, 0.15) is 20.3 Å². The molecule has 0 aliphatic heterocycles. The van der Waals surface area contributed by atoms with Crippen molar-refractivity contribution in [3.05, 3.63) is 24.3 Å². The number of thioether (sulfide) groups is 1. The number of aliphatic hydroxyl groups is 1. The first-order valence-corrected chi connectivity index (χ1v) is 7.44. The molecule has 0 heterocycles. The molecule has 1 unspecified atom stereocenters. The molecule has 0 fully saturated rings. The number of aliphatic hydroxyl groups excluding tert-OH is 1. The smallest absolute Gasteiger partial charge is 0.230 e. The van der Waals surface area contributed by atoms with Crippen molar-refractivity contribution in [1.29, 1.82) is 0 Å². The van der Waals surface area contributed by atoms with E-state index in [-0.39, 0.29) is 18.6 Å². The number of rotatable bonds is 8. The SMILES string of the molecule is CCOc1ccc(SCC(=O)NC(CC)CO)cc1. The molecule has 2 N–H and O–H groups in total. The molecule has 1 aromatic carbocycles. The average Bonchev–Trinajstić information content (AvgIpc) is 2.44. The minimum Gasteiger partial charge on any atom is -0.494 e. The number of hydrogen-bond acceptors (Lipinski definition) is 4. The van der Waals surface area contributed by atoms with E-state index in [4.69, 9.17) is 9.84 Å². The Balaban J connectivity index is 2.37. The van der Waals surface area contributed by atoms with Gasteiger partial charge in [0, 0.05) is 4.90 Å². The minimum absolute atomic E-state index is 0.0179. The standard InChI is InChI=1S/C14H21NO3S/c1-3-11(9-16)15-14(17)10-19-13-7-5-12(6-8-13)18-4-2/h5-8,11,16H,3-4,9-10H2,1-2H3,(H,15,17). The van der Waals surface area contributed by atoms with Crippen molar-refractivity contribution in [3.63, 3.8) is 0 Å². The summed E-state index contributed by atoms with van der Waals surface area (Å²) in [6, 6.07) is 7.52. The third-order valence-electron chi connectivity index (χ3n) is 2.58. The Morgan fingerprint density at radius 2 is 2.05 bits per heavy atom. The molecule has 0 radical (unpaired) electrons. The molecule has 0 spiro atoms. The van der Waals surface area contributed by atoms with Crippen LogP contribution < -0.4 is 10.1 Å².